The third-order valence-corrected chi connectivity index (χ3v) is 2.47. The Labute approximate surface area is 103 Å². The van der Waals surface area contributed by atoms with Crippen LogP contribution in [-0.4, -0.2) is 20.8 Å². The maximum Gasteiger partial charge on any atom is 0.276 e. The average Bonchev–Trinajstić information content (AvgIpc) is 2.70. The molecule has 0 bridgehead atoms. The number of anilines is 1. The third kappa shape index (κ3) is 2.57. The van der Waals surface area contributed by atoms with Gasteiger partial charge in [-0.15, -0.1) is 0 Å². The predicted octanol–water partition coefficient (Wildman–Crippen LogP) is 2.03. The number of hydrogen-bond acceptors (Lipinski definition) is 3. The molecule has 0 unspecified atom stereocenters. The minimum absolute atomic E-state index is 0.0783. The van der Waals surface area contributed by atoms with Crippen LogP contribution in [-0.2, 0) is 7.05 Å². The van der Waals surface area contributed by atoms with Crippen molar-refractivity contribution in [3.63, 3.8) is 0 Å². The van der Waals surface area contributed by atoms with Crippen LogP contribution in [0.5, 0.6) is 5.75 Å². The molecule has 1 heterocycles. The molecule has 0 aliphatic heterocycles. The molecule has 0 saturated carbocycles. The minimum atomic E-state index is -0.340. The van der Waals surface area contributed by atoms with Crippen LogP contribution in [0.15, 0.2) is 30.5 Å². The van der Waals surface area contributed by atoms with Gasteiger partial charge in [-0.25, -0.2) is 0 Å². The first-order valence-corrected chi connectivity index (χ1v) is 5.23. The highest BCUT2D eigenvalue weighted by Gasteiger charge is 2.09. The quantitative estimate of drug-likeness (QED) is 0.858. The molecule has 1 amide bonds. The first-order chi connectivity index (χ1) is 8.06. The number of phenols is 1. The Morgan fingerprint density at radius 3 is 2.82 bits per heavy atom. The highest BCUT2D eigenvalue weighted by Crippen LogP contribution is 2.26. The summed E-state index contributed by atoms with van der Waals surface area (Å²) < 4.78 is 1.54. The van der Waals surface area contributed by atoms with Crippen LogP contribution in [0.3, 0.4) is 0 Å². The Morgan fingerprint density at radius 2 is 2.24 bits per heavy atom. The van der Waals surface area contributed by atoms with Gasteiger partial charge in [-0.1, -0.05) is 11.6 Å². The summed E-state index contributed by atoms with van der Waals surface area (Å²) in [4.78, 5) is 11.7. The molecular weight excluding hydrogens is 242 g/mol. The van der Waals surface area contributed by atoms with E-state index in [-0.39, 0.29) is 16.7 Å². The van der Waals surface area contributed by atoms with Crippen molar-refractivity contribution in [2.75, 3.05) is 5.32 Å². The number of phenolic OH excluding ortho intramolecular Hbond substituents is 1. The van der Waals surface area contributed by atoms with Gasteiger partial charge < -0.3 is 10.4 Å². The van der Waals surface area contributed by atoms with Crippen LogP contribution < -0.4 is 5.32 Å². The van der Waals surface area contributed by atoms with Crippen molar-refractivity contribution in [2.45, 2.75) is 0 Å². The van der Waals surface area contributed by atoms with Crippen LogP contribution in [0.1, 0.15) is 10.5 Å². The summed E-state index contributed by atoms with van der Waals surface area (Å²) in [7, 11) is 1.73. The normalized spacial score (nSPS) is 10.2. The van der Waals surface area contributed by atoms with E-state index in [4.69, 9.17) is 11.6 Å². The average molecular weight is 252 g/mol. The van der Waals surface area contributed by atoms with Gasteiger partial charge in [-0.05, 0) is 18.2 Å². The number of benzene rings is 1. The molecular formula is C11H10ClN3O2. The number of carbonyl (C=O) groups excluding carboxylic acids is 1. The molecule has 6 heteroatoms. The molecule has 17 heavy (non-hydrogen) atoms. The number of nitrogens with zero attached hydrogens (tertiary/aromatic N) is 2. The molecule has 2 rings (SSSR count). The van der Waals surface area contributed by atoms with E-state index in [0.717, 1.165) is 0 Å². The summed E-state index contributed by atoms with van der Waals surface area (Å²) in [5.74, 6) is -0.419. The first kappa shape index (κ1) is 11.5. The summed E-state index contributed by atoms with van der Waals surface area (Å²) in [6.45, 7) is 0. The number of rotatable bonds is 2. The van der Waals surface area contributed by atoms with E-state index in [1.165, 1.54) is 16.8 Å². The summed E-state index contributed by atoms with van der Waals surface area (Å²) in [5.41, 5.74) is 0.768. The molecule has 2 N–H and O–H groups in total. The molecule has 5 nitrogen and oxygen atoms in total. The smallest absolute Gasteiger partial charge is 0.276 e. The fourth-order valence-corrected chi connectivity index (χ4v) is 1.44. The number of aromatic hydroxyl groups is 1. The van der Waals surface area contributed by atoms with E-state index in [2.05, 4.69) is 10.4 Å². The summed E-state index contributed by atoms with van der Waals surface area (Å²) >= 11 is 5.66. The van der Waals surface area contributed by atoms with Gasteiger partial charge in [0.05, 0.1) is 5.02 Å². The van der Waals surface area contributed by atoms with Crippen molar-refractivity contribution < 1.29 is 9.90 Å². The SMILES string of the molecule is Cn1ccc(C(=O)Nc2ccc(Cl)c(O)c2)n1. The van der Waals surface area contributed by atoms with Crippen molar-refractivity contribution in [1.29, 1.82) is 0 Å². The van der Waals surface area contributed by atoms with Crippen molar-refractivity contribution in [3.05, 3.63) is 41.2 Å². The first-order valence-electron chi connectivity index (χ1n) is 4.86. The second-order valence-corrected chi connectivity index (χ2v) is 3.90. The van der Waals surface area contributed by atoms with Gasteiger partial charge >= 0.3 is 0 Å². The monoisotopic (exact) mass is 251 g/mol. The second kappa shape index (κ2) is 4.47. The zero-order valence-corrected chi connectivity index (χ0v) is 9.77. The van der Waals surface area contributed by atoms with E-state index in [0.29, 0.717) is 11.4 Å². The highest BCUT2D eigenvalue weighted by molar-refractivity contribution is 6.32. The standard InChI is InChI=1S/C11H10ClN3O2/c1-15-5-4-9(14-15)11(17)13-7-2-3-8(12)10(16)6-7/h2-6,16H,1H3,(H,13,17). The van der Waals surface area contributed by atoms with E-state index in [1.54, 1.807) is 25.4 Å². The van der Waals surface area contributed by atoms with Crippen LogP contribution in [0.4, 0.5) is 5.69 Å². The zero-order chi connectivity index (χ0) is 12.4. The lowest BCUT2D eigenvalue weighted by atomic mass is 10.3. The molecule has 0 aliphatic carbocycles. The Bertz CT molecular complexity index is 566. The lowest BCUT2D eigenvalue weighted by Crippen LogP contribution is -2.12. The van der Waals surface area contributed by atoms with E-state index >= 15 is 0 Å². The molecule has 1 aromatic heterocycles. The van der Waals surface area contributed by atoms with Crippen LogP contribution >= 0.6 is 11.6 Å². The van der Waals surface area contributed by atoms with Crippen LogP contribution in [0.25, 0.3) is 0 Å². The fourth-order valence-electron chi connectivity index (χ4n) is 1.32. The number of aryl methyl sites for hydroxylation is 1. The fraction of sp³-hybridized carbons (Fsp3) is 0.0909. The molecule has 88 valence electrons. The number of amides is 1. The molecule has 2 aromatic rings. The molecule has 0 saturated heterocycles. The lowest BCUT2D eigenvalue weighted by molar-refractivity contribution is 0.102. The predicted molar refractivity (Wildman–Crippen MR) is 64.3 cm³/mol. The van der Waals surface area contributed by atoms with Crippen molar-refractivity contribution in [1.82, 2.24) is 9.78 Å². The maximum absolute atomic E-state index is 11.7. The molecule has 0 aliphatic rings. The lowest BCUT2D eigenvalue weighted by Gasteiger charge is -2.04. The Kier molecular flexibility index (Phi) is 3.01. The number of aromatic nitrogens is 2. The maximum atomic E-state index is 11.7. The number of nitrogens with one attached hydrogen (secondary N) is 1. The molecule has 0 radical (unpaired) electrons. The van der Waals surface area contributed by atoms with E-state index in [9.17, 15) is 9.90 Å². The Hall–Kier alpha value is -2.01. The summed E-state index contributed by atoms with van der Waals surface area (Å²) in [6.07, 6.45) is 1.67. The van der Waals surface area contributed by atoms with Crippen LogP contribution in [0, 0.1) is 0 Å². The van der Waals surface area contributed by atoms with Gasteiger partial charge in [-0.2, -0.15) is 5.10 Å². The molecule has 1 aromatic carbocycles. The van der Waals surface area contributed by atoms with E-state index in [1.807, 2.05) is 0 Å². The van der Waals surface area contributed by atoms with Crippen LogP contribution in [0.2, 0.25) is 5.02 Å². The highest BCUT2D eigenvalue weighted by atomic mass is 35.5. The largest absolute Gasteiger partial charge is 0.506 e. The number of carbonyl (C=O) groups is 1. The van der Waals surface area contributed by atoms with E-state index < -0.39 is 0 Å². The van der Waals surface area contributed by atoms with Gasteiger partial charge in [-0.3, -0.25) is 9.48 Å². The third-order valence-electron chi connectivity index (χ3n) is 2.15. The van der Waals surface area contributed by atoms with Crippen molar-refractivity contribution >= 4 is 23.2 Å². The van der Waals surface area contributed by atoms with Gasteiger partial charge in [0, 0.05) is 25.0 Å². The van der Waals surface area contributed by atoms with Gasteiger partial charge in [0.15, 0.2) is 5.69 Å². The molecule has 0 spiro atoms. The van der Waals surface area contributed by atoms with Gasteiger partial charge in [0.2, 0.25) is 0 Å². The second-order valence-electron chi connectivity index (χ2n) is 3.49. The van der Waals surface area contributed by atoms with Gasteiger partial charge in [0.25, 0.3) is 5.91 Å². The zero-order valence-electron chi connectivity index (χ0n) is 9.01. The summed E-state index contributed by atoms with van der Waals surface area (Å²) in [6, 6.07) is 6.09. The van der Waals surface area contributed by atoms with Gasteiger partial charge in [0.1, 0.15) is 5.75 Å². The number of halogens is 1. The Morgan fingerprint density at radius 1 is 1.47 bits per heavy atom. The molecule has 0 fully saturated rings. The van der Waals surface area contributed by atoms with Crippen molar-refractivity contribution in [2.24, 2.45) is 7.05 Å². The van der Waals surface area contributed by atoms with Crippen molar-refractivity contribution in [3.8, 4) is 5.75 Å². The number of hydrogen-bond donors (Lipinski definition) is 2. The minimum Gasteiger partial charge on any atom is -0.506 e. The Balaban J connectivity index is 2.15. The molecule has 0 atom stereocenters. The summed E-state index contributed by atoms with van der Waals surface area (Å²) in [5, 5.41) is 16.2. The topological polar surface area (TPSA) is 67.2 Å².